The molecule has 0 aliphatic carbocycles. The van der Waals surface area contributed by atoms with Crippen LogP contribution in [0.25, 0.3) is 5.82 Å². The lowest BCUT2D eigenvalue weighted by molar-refractivity contribution is 0.102. The molecule has 2 heterocycles. The van der Waals surface area contributed by atoms with Gasteiger partial charge in [0.25, 0.3) is 5.91 Å². The Balaban J connectivity index is 1.76. The summed E-state index contributed by atoms with van der Waals surface area (Å²) in [5.41, 5.74) is 1.09. The summed E-state index contributed by atoms with van der Waals surface area (Å²) >= 11 is 0. The molecule has 0 aliphatic rings. The highest BCUT2D eigenvalue weighted by Gasteiger charge is 2.10. The van der Waals surface area contributed by atoms with Crippen molar-refractivity contribution in [2.75, 3.05) is 5.32 Å². The summed E-state index contributed by atoms with van der Waals surface area (Å²) in [6.45, 7) is 1.62. The van der Waals surface area contributed by atoms with Crippen LogP contribution in [0, 0.1) is 12.7 Å². The van der Waals surface area contributed by atoms with Crippen LogP contribution in [0.2, 0.25) is 0 Å². The largest absolute Gasteiger partial charge is 0.321 e. The quantitative estimate of drug-likeness (QED) is 0.796. The Morgan fingerprint density at radius 1 is 1.27 bits per heavy atom. The number of nitrogens with one attached hydrogen (secondary N) is 1. The molecule has 0 saturated carbocycles. The Labute approximate surface area is 124 Å². The molecule has 0 atom stereocenters. The van der Waals surface area contributed by atoms with Crippen LogP contribution >= 0.6 is 0 Å². The highest BCUT2D eigenvalue weighted by molar-refractivity contribution is 6.02. The molecule has 1 amide bonds. The van der Waals surface area contributed by atoms with Gasteiger partial charge in [-0.3, -0.25) is 4.79 Å². The molecule has 0 saturated heterocycles. The fraction of sp³-hybridized carbons (Fsp3) is 0.0714. The van der Waals surface area contributed by atoms with E-state index in [1.54, 1.807) is 13.0 Å². The summed E-state index contributed by atoms with van der Waals surface area (Å²) in [6.07, 6.45) is 5.60. The molecule has 0 spiro atoms. The standard InChI is InChI=1S/C14H11FN6O/c1-9-4-10(2-3-11(9)15)20-14(22)12-5-18-13(6-17-12)21-8-16-7-19-21/h2-8H,1H3,(H,20,22). The Hall–Kier alpha value is -3.16. The van der Waals surface area contributed by atoms with E-state index in [1.807, 2.05) is 0 Å². The van der Waals surface area contributed by atoms with Crippen molar-refractivity contribution in [3.8, 4) is 5.82 Å². The zero-order valence-electron chi connectivity index (χ0n) is 11.6. The summed E-state index contributed by atoms with van der Waals surface area (Å²) in [7, 11) is 0. The van der Waals surface area contributed by atoms with Crippen LogP contribution in [0.3, 0.4) is 0 Å². The smallest absolute Gasteiger partial charge is 0.275 e. The van der Waals surface area contributed by atoms with E-state index < -0.39 is 5.91 Å². The number of carbonyl (C=O) groups is 1. The number of aryl methyl sites for hydroxylation is 1. The van der Waals surface area contributed by atoms with Crippen molar-refractivity contribution in [1.82, 2.24) is 24.7 Å². The molecule has 2 aromatic heterocycles. The second kappa shape index (κ2) is 5.68. The lowest BCUT2D eigenvalue weighted by Crippen LogP contribution is -2.15. The van der Waals surface area contributed by atoms with Gasteiger partial charge in [0.15, 0.2) is 5.82 Å². The van der Waals surface area contributed by atoms with E-state index in [2.05, 4.69) is 25.4 Å². The van der Waals surface area contributed by atoms with Gasteiger partial charge in [-0.2, -0.15) is 5.10 Å². The number of nitrogens with zero attached hydrogens (tertiary/aromatic N) is 5. The number of amides is 1. The summed E-state index contributed by atoms with van der Waals surface area (Å²) in [4.78, 5) is 24.0. The molecular weight excluding hydrogens is 287 g/mol. The van der Waals surface area contributed by atoms with Crippen LogP contribution in [0.15, 0.2) is 43.2 Å². The first kappa shape index (κ1) is 13.8. The van der Waals surface area contributed by atoms with E-state index in [0.29, 0.717) is 17.1 Å². The van der Waals surface area contributed by atoms with E-state index in [9.17, 15) is 9.18 Å². The van der Waals surface area contributed by atoms with Gasteiger partial charge in [0, 0.05) is 5.69 Å². The normalized spacial score (nSPS) is 10.5. The predicted molar refractivity (Wildman–Crippen MR) is 76.0 cm³/mol. The van der Waals surface area contributed by atoms with Crippen molar-refractivity contribution in [3.05, 3.63) is 60.3 Å². The maximum absolute atomic E-state index is 13.2. The molecule has 7 nitrogen and oxygen atoms in total. The van der Waals surface area contributed by atoms with Gasteiger partial charge < -0.3 is 5.32 Å². The van der Waals surface area contributed by atoms with Crippen LogP contribution in [0.5, 0.6) is 0 Å². The molecule has 1 aromatic carbocycles. The highest BCUT2D eigenvalue weighted by atomic mass is 19.1. The number of hydrogen-bond donors (Lipinski definition) is 1. The second-order valence-corrected chi connectivity index (χ2v) is 4.52. The maximum Gasteiger partial charge on any atom is 0.275 e. The average molecular weight is 298 g/mol. The lowest BCUT2D eigenvalue weighted by atomic mass is 10.2. The molecule has 8 heteroatoms. The number of hydrogen-bond acceptors (Lipinski definition) is 5. The molecule has 0 aliphatic heterocycles. The van der Waals surface area contributed by atoms with Crippen LogP contribution < -0.4 is 5.32 Å². The molecule has 0 radical (unpaired) electrons. The van der Waals surface area contributed by atoms with E-state index in [0.717, 1.165) is 0 Å². The number of carbonyl (C=O) groups excluding carboxylic acids is 1. The second-order valence-electron chi connectivity index (χ2n) is 4.52. The number of halogens is 1. The Morgan fingerprint density at radius 3 is 2.77 bits per heavy atom. The van der Waals surface area contributed by atoms with Gasteiger partial charge in [-0.25, -0.2) is 24.0 Å². The fourth-order valence-corrected chi connectivity index (χ4v) is 1.80. The first-order valence-electron chi connectivity index (χ1n) is 6.38. The van der Waals surface area contributed by atoms with E-state index in [-0.39, 0.29) is 11.5 Å². The third-order valence-corrected chi connectivity index (χ3v) is 2.94. The number of anilines is 1. The van der Waals surface area contributed by atoms with Crippen molar-refractivity contribution in [2.24, 2.45) is 0 Å². The van der Waals surface area contributed by atoms with Crippen molar-refractivity contribution >= 4 is 11.6 Å². The molecule has 3 aromatic rings. The van der Waals surface area contributed by atoms with E-state index in [1.165, 1.54) is 41.9 Å². The summed E-state index contributed by atoms with van der Waals surface area (Å²) in [5, 5.41) is 6.55. The number of rotatable bonds is 3. The van der Waals surface area contributed by atoms with Crippen LogP contribution in [0.4, 0.5) is 10.1 Å². The minimum Gasteiger partial charge on any atom is -0.321 e. The van der Waals surface area contributed by atoms with Gasteiger partial charge >= 0.3 is 0 Å². The van der Waals surface area contributed by atoms with E-state index in [4.69, 9.17) is 0 Å². The van der Waals surface area contributed by atoms with Crippen LogP contribution in [-0.2, 0) is 0 Å². The third-order valence-electron chi connectivity index (χ3n) is 2.94. The van der Waals surface area contributed by atoms with Gasteiger partial charge in [-0.05, 0) is 30.7 Å². The monoisotopic (exact) mass is 298 g/mol. The Kier molecular flexibility index (Phi) is 3.57. The molecule has 22 heavy (non-hydrogen) atoms. The number of benzene rings is 1. The predicted octanol–water partition coefficient (Wildman–Crippen LogP) is 1.76. The first-order chi connectivity index (χ1) is 10.6. The van der Waals surface area contributed by atoms with Crippen molar-refractivity contribution < 1.29 is 9.18 Å². The Morgan fingerprint density at radius 2 is 2.14 bits per heavy atom. The average Bonchev–Trinajstić information content (AvgIpc) is 3.05. The molecule has 3 rings (SSSR count). The van der Waals surface area contributed by atoms with Gasteiger partial charge in [-0.1, -0.05) is 0 Å². The Bertz CT molecular complexity index is 801. The van der Waals surface area contributed by atoms with E-state index >= 15 is 0 Å². The fourth-order valence-electron chi connectivity index (χ4n) is 1.80. The van der Waals surface area contributed by atoms with Crippen molar-refractivity contribution in [2.45, 2.75) is 6.92 Å². The third kappa shape index (κ3) is 2.80. The minimum atomic E-state index is -0.427. The molecule has 0 fully saturated rings. The maximum atomic E-state index is 13.2. The first-order valence-corrected chi connectivity index (χ1v) is 6.38. The van der Waals surface area contributed by atoms with Crippen LogP contribution in [0.1, 0.15) is 16.1 Å². The summed E-state index contributed by atoms with van der Waals surface area (Å²) < 4.78 is 14.6. The van der Waals surface area contributed by atoms with Gasteiger partial charge in [0.1, 0.15) is 24.2 Å². The summed E-state index contributed by atoms with van der Waals surface area (Å²) in [6, 6.07) is 4.33. The summed E-state index contributed by atoms with van der Waals surface area (Å²) in [5.74, 6) is -0.301. The van der Waals surface area contributed by atoms with Crippen molar-refractivity contribution in [1.29, 1.82) is 0 Å². The van der Waals surface area contributed by atoms with Gasteiger partial charge in [0.2, 0.25) is 0 Å². The molecule has 0 unspecified atom stereocenters. The lowest BCUT2D eigenvalue weighted by Gasteiger charge is -2.06. The van der Waals surface area contributed by atoms with Gasteiger partial charge in [0.05, 0.1) is 12.4 Å². The topological polar surface area (TPSA) is 85.6 Å². The zero-order valence-corrected chi connectivity index (χ0v) is 11.6. The van der Waals surface area contributed by atoms with Crippen LogP contribution in [-0.4, -0.2) is 30.6 Å². The van der Waals surface area contributed by atoms with Gasteiger partial charge in [-0.15, -0.1) is 0 Å². The highest BCUT2D eigenvalue weighted by Crippen LogP contribution is 2.14. The zero-order chi connectivity index (χ0) is 15.5. The molecule has 0 bridgehead atoms. The molecule has 110 valence electrons. The minimum absolute atomic E-state index is 0.144. The SMILES string of the molecule is Cc1cc(NC(=O)c2cnc(-n3cncn3)cn2)ccc1F. The molecular formula is C14H11FN6O. The van der Waals surface area contributed by atoms with Crippen molar-refractivity contribution in [3.63, 3.8) is 0 Å². The molecule has 1 N–H and O–H groups in total. The number of aromatic nitrogens is 5.